The average molecular weight is 148 g/mol. The van der Waals surface area contributed by atoms with Crippen LogP contribution in [0.15, 0.2) is 0 Å². The molecule has 0 aromatic heterocycles. The third-order valence-corrected chi connectivity index (χ3v) is 1.12. The van der Waals surface area contributed by atoms with Crippen molar-refractivity contribution in [1.82, 2.24) is 0 Å². The van der Waals surface area contributed by atoms with Crippen molar-refractivity contribution in [3.05, 3.63) is 0 Å². The van der Waals surface area contributed by atoms with Crippen molar-refractivity contribution in [2.45, 2.75) is 19.8 Å². The Morgan fingerprint density at radius 2 is 2.12 bits per heavy atom. The van der Waals surface area contributed by atoms with E-state index in [1.165, 1.54) is 0 Å². The molecule has 0 saturated heterocycles. The zero-order valence-corrected chi connectivity index (χ0v) is 6.39. The summed E-state index contributed by atoms with van der Waals surface area (Å²) in [6, 6.07) is 0. The highest BCUT2D eigenvalue weighted by Crippen LogP contribution is 1.96. The third kappa shape index (κ3) is 6.11. The first kappa shape index (κ1) is 8.11. The van der Waals surface area contributed by atoms with Gasteiger partial charge in [-0.05, 0) is 13.3 Å². The number of thiocarbonyl (C=S) groups is 1. The molecule has 0 atom stereocenters. The van der Waals surface area contributed by atoms with Crippen molar-refractivity contribution < 1.29 is 4.79 Å². The Kier molecular flexibility index (Phi) is 4.09. The predicted octanol–water partition coefficient (Wildman–Crippen LogP) is 1.61. The van der Waals surface area contributed by atoms with E-state index in [-0.39, 0.29) is 5.78 Å². The van der Waals surface area contributed by atoms with Crippen molar-refractivity contribution in [3.63, 3.8) is 0 Å². The number of hydrogen-bond acceptors (Lipinski definition) is 2. The first-order valence-electron chi connectivity index (χ1n) is 2.34. The van der Waals surface area contributed by atoms with E-state index in [0.29, 0.717) is 17.0 Å². The molecule has 0 spiro atoms. The van der Waals surface area contributed by atoms with Crippen molar-refractivity contribution in [2.24, 2.45) is 0 Å². The number of carbonyl (C=O) groups is 1. The lowest BCUT2D eigenvalue weighted by molar-refractivity contribution is -0.116. The Hall–Kier alpha value is 0.110. The van der Waals surface area contributed by atoms with Crippen LogP contribution in [0.4, 0.5) is 0 Å². The second kappa shape index (κ2) is 4.04. The standard InChI is InChI=1S/C5H8OS2/c1-4(6)2-3-5(7)8/h2-3H2,1H3,(H,7,8). The Morgan fingerprint density at radius 3 is 2.25 bits per heavy atom. The monoisotopic (exact) mass is 148 g/mol. The second-order valence-electron chi connectivity index (χ2n) is 1.60. The van der Waals surface area contributed by atoms with Gasteiger partial charge in [-0.25, -0.2) is 0 Å². The molecular weight excluding hydrogens is 140 g/mol. The lowest BCUT2D eigenvalue weighted by Crippen LogP contribution is -1.91. The lowest BCUT2D eigenvalue weighted by Gasteiger charge is -1.89. The average Bonchev–Trinajstić information content (AvgIpc) is 1.61. The summed E-state index contributed by atoms with van der Waals surface area (Å²) < 4.78 is 0.611. The normalized spacial score (nSPS) is 8.75. The van der Waals surface area contributed by atoms with Crippen LogP contribution < -0.4 is 0 Å². The van der Waals surface area contributed by atoms with Gasteiger partial charge in [-0.15, -0.1) is 12.6 Å². The summed E-state index contributed by atoms with van der Waals surface area (Å²) in [6.45, 7) is 1.55. The van der Waals surface area contributed by atoms with E-state index in [4.69, 9.17) is 0 Å². The smallest absolute Gasteiger partial charge is 0.130 e. The van der Waals surface area contributed by atoms with Gasteiger partial charge >= 0.3 is 0 Å². The summed E-state index contributed by atoms with van der Waals surface area (Å²) >= 11 is 8.48. The van der Waals surface area contributed by atoms with Crippen LogP contribution >= 0.6 is 24.8 Å². The Balaban J connectivity index is 3.18. The Morgan fingerprint density at radius 1 is 1.62 bits per heavy atom. The van der Waals surface area contributed by atoms with Crippen LogP contribution in [0.3, 0.4) is 0 Å². The first-order chi connectivity index (χ1) is 3.63. The van der Waals surface area contributed by atoms with Crippen LogP contribution in [0, 0.1) is 0 Å². The molecular formula is C5H8OS2. The van der Waals surface area contributed by atoms with E-state index >= 15 is 0 Å². The molecule has 0 aromatic carbocycles. The van der Waals surface area contributed by atoms with Crippen LogP contribution in [0.5, 0.6) is 0 Å². The highest BCUT2D eigenvalue weighted by molar-refractivity contribution is 8.11. The van der Waals surface area contributed by atoms with Crippen molar-refractivity contribution in [1.29, 1.82) is 0 Å². The summed E-state index contributed by atoms with van der Waals surface area (Å²) in [4.78, 5) is 10.3. The largest absolute Gasteiger partial charge is 0.300 e. The van der Waals surface area contributed by atoms with Gasteiger partial charge in [0, 0.05) is 10.6 Å². The number of Topliss-reactive ketones (excluding diaryl/α,β-unsaturated/α-hetero) is 1. The van der Waals surface area contributed by atoms with E-state index in [1.54, 1.807) is 6.92 Å². The van der Waals surface area contributed by atoms with Gasteiger partial charge in [0.15, 0.2) is 0 Å². The molecule has 0 amide bonds. The molecule has 0 heterocycles. The fourth-order valence-electron chi connectivity index (χ4n) is 0.283. The Labute approximate surface area is 59.9 Å². The van der Waals surface area contributed by atoms with Gasteiger partial charge in [0.25, 0.3) is 0 Å². The van der Waals surface area contributed by atoms with Gasteiger partial charge in [-0.2, -0.15) is 0 Å². The zero-order chi connectivity index (χ0) is 6.57. The molecule has 0 N–H and O–H groups in total. The number of carbonyl (C=O) groups excluding carboxylic acids is 1. The quantitative estimate of drug-likeness (QED) is 0.484. The molecule has 46 valence electrons. The fourth-order valence-corrected chi connectivity index (χ4v) is 0.497. The van der Waals surface area contributed by atoms with Crippen LogP contribution in [0.2, 0.25) is 0 Å². The molecule has 0 aliphatic heterocycles. The third-order valence-electron chi connectivity index (χ3n) is 0.691. The van der Waals surface area contributed by atoms with Crippen LogP contribution in [0.25, 0.3) is 0 Å². The summed E-state index contributed by atoms with van der Waals surface area (Å²) in [5, 5.41) is 0. The maximum atomic E-state index is 10.3. The van der Waals surface area contributed by atoms with Crippen molar-refractivity contribution in [2.75, 3.05) is 0 Å². The molecule has 0 aliphatic carbocycles. The molecule has 1 nitrogen and oxygen atoms in total. The van der Waals surface area contributed by atoms with Crippen LogP contribution in [-0.4, -0.2) is 9.98 Å². The van der Waals surface area contributed by atoms with Crippen molar-refractivity contribution >= 4 is 34.8 Å². The topological polar surface area (TPSA) is 17.1 Å². The minimum Gasteiger partial charge on any atom is -0.300 e. The van der Waals surface area contributed by atoms with E-state index in [1.807, 2.05) is 0 Å². The maximum Gasteiger partial charge on any atom is 0.130 e. The molecule has 0 aromatic rings. The van der Waals surface area contributed by atoms with Gasteiger partial charge in [-0.3, -0.25) is 0 Å². The Bertz CT molecular complexity index is 95.0. The summed E-state index contributed by atoms with van der Waals surface area (Å²) in [7, 11) is 0. The molecule has 0 radical (unpaired) electrons. The van der Waals surface area contributed by atoms with Crippen LogP contribution in [-0.2, 0) is 4.79 Å². The SMILES string of the molecule is CC(=O)CCC(=S)S. The summed E-state index contributed by atoms with van der Waals surface area (Å²) in [6.07, 6.45) is 1.16. The van der Waals surface area contributed by atoms with Gasteiger partial charge in [0.2, 0.25) is 0 Å². The predicted molar refractivity (Wildman–Crippen MR) is 41.5 cm³/mol. The minimum atomic E-state index is 0.168. The molecule has 0 aliphatic rings. The molecule has 0 unspecified atom stereocenters. The summed E-state index contributed by atoms with van der Waals surface area (Å²) in [5.74, 6) is 0.168. The highest BCUT2D eigenvalue weighted by Gasteiger charge is 1.92. The first-order valence-corrected chi connectivity index (χ1v) is 3.19. The lowest BCUT2D eigenvalue weighted by atomic mass is 10.3. The number of hydrogen-bond donors (Lipinski definition) is 1. The number of rotatable bonds is 3. The van der Waals surface area contributed by atoms with E-state index < -0.39 is 0 Å². The molecule has 0 bridgehead atoms. The number of ketones is 1. The van der Waals surface area contributed by atoms with Gasteiger partial charge in [-0.1, -0.05) is 12.2 Å². The molecule has 8 heavy (non-hydrogen) atoms. The minimum absolute atomic E-state index is 0.168. The van der Waals surface area contributed by atoms with E-state index in [0.717, 1.165) is 0 Å². The van der Waals surface area contributed by atoms with E-state index in [9.17, 15) is 4.79 Å². The fraction of sp³-hybridized carbons (Fsp3) is 0.600. The van der Waals surface area contributed by atoms with E-state index in [2.05, 4.69) is 24.8 Å². The van der Waals surface area contributed by atoms with Gasteiger partial charge in [0.05, 0.1) is 0 Å². The second-order valence-corrected chi connectivity index (χ2v) is 2.93. The molecule has 0 fully saturated rings. The number of thiol groups is 1. The van der Waals surface area contributed by atoms with Gasteiger partial charge < -0.3 is 4.79 Å². The highest BCUT2D eigenvalue weighted by atomic mass is 32.1. The molecule has 0 saturated carbocycles. The summed E-state index contributed by atoms with van der Waals surface area (Å²) in [5.41, 5.74) is 0. The molecule has 3 heteroatoms. The van der Waals surface area contributed by atoms with Crippen molar-refractivity contribution in [3.8, 4) is 0 Å². The zero-order valence-electron chi connectivity index (χ0n) is 4.68. The maximum absolute atomic E-state index is 10.3. The van der Waals surface area contributed by atoms with Crippen LogP contribution in [0.1, 0.15) is 19.8 Å². The molecule has 0 rings (SSSR count). The van der Waals surface area contributed by atoms with Gasteiger partial charge in [0.1, 0.15) is 5.78 Å².